The van der Waals surface area contributed by atoms with Crippen molar-refractivity contribution in [2.75, 3.05) is 20.1 Å². The van der Waals surface area contributed by atoms with Gasteiger partial charge in [-0.25, -0.2) is 23.4 Å². The van der Waals surface area contributed by atoms with Gasteiger partial charge in [0.1, 0.15) is 20.1 Å². The highest BCUT2D eigenvalue weighted by molar-refractivity contribution is 5.65. The summed E-state index contributed by atoms with van der Waals surface area (Å²) in [5.41, 5.74) is 0. The smallest absolute Gasteiger partial charge is 0.277 e. The summed E-state index contributed by atoms with van der Waals surface area (Å²) >= 11 is 0. The minimum Gasteiger partial charge on any atom is -0.277 e. The van der Waals surface area contributed by atoms with Gasteiger partial charge in [-0.1, -0.05) is 0 Å². The Morgan fingerprint density at radius 2 is 1.53 bits per heavy atom. The second-order valence-electron chi connectivity index (χ2n) is 3.41. The summed E-state index contributed by atoms with van der Waals surface area (Å²) in [5.74, 6) is -0.176. The van der Waals surface area contributed by atoms with Crippen molar-refractivity contribution in [2.24, 2.45) is 0 Å². The second kappa shape index (κ2) is 5.59. The normalized spacial score (nSPS) is 19.1. The van der Waals surface area contributed by atoms with Gasteiger partial charge < -0.3 is 0 Å². The molecule has 1 fully saturated rings. The number of halogens is 1. The average Bonchev–Trinajstić information content (AvgIpc) is 2.29. The van der Waals surface area contributed by atoms with Crippen LogP contribution in [0.1, 0.15) is 19.8 Å². The van der Waals surface area contributed by atoms with Crippen molar-refractivity contribution in [1.82, 2.24) is 0 Å². The highest BCUT2D eigenvalue weighted by Gasteiger charge is 2.30. The van der Waals surface area contributed by atoms with Gasteiger partial charge in [0.05, 0.1) is 0 Å². The number of hydrogen-bond acceptors (Lipinski definition) is 6. The van der Waals surface area contributed by atoms with E-state index in [2.05, 4.69) is 0 Å². The molecule has 0 spiro atoms. The molecule has 0 radical (unpaired) electrons. The molecule has 1 aliphatic rings. The van der Waals surface area contributed by atoms with Gasteiger partial charge in [-0.15, -0.1) is 14.9 Å². The van der Waals surface area contributed by atoms with Crippen LogP contribution in [0.5, 0.6) is 0 Å². The Labute approximate surface area is 89.8 Å². The maximum atomic E-state index is 10.6. The van der Waals surface area contributed by atoms with E-state index in [1.54, 1.807) is 0 Å². The predicted octanol–water partition coefficient (Wildman–Crippen LogP) is -4.05. The van der Waals surface area contributed by atoms with E-state index in [0.717, 1.165) is 13.1 Å². The lowest BCUT2D eigenvalue weighted by Crippen LogP contribution is -2.68. The number of hydrogen-bond donors (Lipinski definition) is 0. The van der Waals surface area contributed by atoms with E-state index in [9.17, 15) is 4.79 Å². The molecule has 0 saturated carbocycles. The van der Waals surface area contributed by atoms with Gasteiger partial charge in [0.15, 0.2) is 0 Å². The molecule has 0 atom stereocenters. The molecule has 15 heavy (non-hydrogen) atoms. The molecule has 8 heteroatoms. The number of quaternary nitrogens is 1. The minimum absolute atomic E-state index is 0.176. The van der Waals surface area contributed by atoms with Crippen molar-refractivity contribution in [2.45, 2.75) is 19.8 Å². The number of rotatable bonds is 1. The number of likely N-dealkylation sites (tertiary alicyclic amines) is 1. The highest BCUT2D eigenvalue weighted by atomic mass is 35.7. The van der Waals surface area contributed by atoms with Crippen molar-refractivity contribution in [3.8, 4) is 0 Å². The van der Waals surface area contributed by atoms with Gasteiger partial charge in [0, 0.05) is 19.8 Å². The van der Waals surface area contributed by atoms with Gasteiger partial charge in [0.2, 0.25) is 0 Å². The van der Waals surface area contributed by atoms with E-state index in [4.69, 9.17) is 23.5 Å². The fourth-order valence-electron chi connectivity index (χ4n) is 1.41. The largest absolute Gasteiger partial charge is 0.363 e. The number of nitrogens with zero attached hydrogens (tertiary/aromatic N) is 1. The van der Waals surface area contributed by atoms with Crippen LogP contribution in [0.15, 0.2) is 0 Å². The summed E-state index contributed by atoms with van der Waals surface area (Å²) in [6.07, 6.45) is 2.34. The Morgan fingerprint density at radius 1 is 1.20 bits per heavy atom. The van der Waals surface area contributed by atoms with Gasteiger partial charge in [-0.3, -0.25) is 4.84 Å². The molecule has 0 aliphatic carbocycles. The Hall–Kier alpha value is -0.440. The molecule has 1 aliphatic heterocycles. The first kappa shape index (κ1) is 14.6. The molecule has 0 aromatic heterocycles. The molecule has 0 bridgehead atoms. The lowest BCUT2D eigenvalue weighted by molar-refractivity contribution is -2.00. The lowest BCUT2D eigenvalue weighted by Gasteiger charge is -2.24. The summed E-state index contributed by atoms with van der Waals surface area (Å²) in [6, 6.07) is 0. The molecule has 90 valence electrons. The van der Waals surface area contributed by atoms with Crippen LogP contribution in [-0.4, -0.2) is 30.8 Å². The molecule has 1 rings (SSSR count). The van der Waals surface area contributed by atoms with E-state index in [1.807, 2.05) is 7.05 Å². The molecular formula is C7H14ClNO6. The molecule has 0 amide bonds. The summed E-state index contributed by atoms with van der Waals surface area (Å²) in [6.45, 7) is 3.40. The second-order valence-corrected chi connectivity index (χ2v) is 4.17. The molecule has 1 heterocycles. The summed E-state index contributed by atoms with van der Waals surface area (Å²) in [4.78, 5) is 15.7. The number of carbonyl (C=O) groups excluding carboxylic acids is 1. The van der Waals surface area contributed by atoms with E-state index in [1.165, 1.54) is 19.8 Å². The van der Waals surface area contributed by atoms with Crippen molar-refractivity contribution in [1.29, 1.82) is 0 Å². The summed E-state index contributed by atoms with van der Waals surface area (Å²) in [7, 11) is -2.99. The zero-order chi connectivity index (χ0) is 12.1. The Kier molecular flexibility index (Phi) is 5.43. The topological polar surface area (TPSA) is 119 Å². The monoisotopic (exact) mass is 243 g/mol. The van der Waals surface area contributed by atoms with E-state index in [-0.39, 0.29) is 5.97 Å². The van der Waals surface area contributed by atoms with Crippen LogP contribution in [0.2, 0.25) is 0 Å². The van der Waals surface area contributed by atoms with E-state index >= 15 is 0 Å². The molecular weight excluding hydrogens is 230 g/mol. The third kappa shape index (κ3) is 9.85. The molecule has 0 unspecified atom stereocenters. The Morgan fingerprint density at radius 3 is 1.80 bits per heavy atom. The van der Waals surface area contributed by atoms with Crippen LogP contribution >= 0.6 is 0 Å². The quantitative estimate of drug-likeness (QED) is 0.433. The lowest BCUT2D eigenvalue weighted by atomic mass is 10.4. The predicted molar refractivity (Wildman–Crippen MR) is 36.9 cm³/mol. The molecule has 0 aromatic rings. The van der Waals surface area contributed by atoms with Gasteiger partial charge >= 0.3 is 5.97 Å². The minimum atomic E-state index is -4.94. The van der Waals surface area contributed by atoms with E-state index in [0.29, 0.717) is 4.65 Å². The number of hydroxylamine groups is 3. The van der Waals surface area contributed by atoms with Gasteiger partial charge in [0.25, 0.3) is 0 Å². The first-order valence-corrected chi connectivity index (χ1v) is 5.52. The van der Waals surface area contributed by atoms with Crippen LogP contribution in [0.25, 0.3) is 0 Å². The zero-order valence-corrected chi connectivity index (χ0v) is 9.36. The van der Waals surface area contributed by atoms with Gasteiger partial charge in [-0.2, -0.15) is 0 Å². The third-order valence-electron chi connectivity index (χ3n) is 1.86. The molecule has 1 saturated heterocycles. The first-order valence-electron chi connectivity index (χ1n) is 4.29. The van der Waals surface area contributed by atoms with Crippen molar-refractivity contribution in [3.05, 3.63) is 0 Å². The Bertz CT molecular complexity index is 204. The molecule has 0 aromatic carbocycles. The average molecular weight is 244 g/mol. The fourth-order valence-corrected chi connectivity index (χ4v) is 1.41. The van der Waals surface area contributed by atoms with Crippen molar-refractivity contribution in [3.63, 3.8) is 0 Å². The highest BCUT2D eigenvalue weighted by Crippen LogP contribution is 2.16. The zero-order valence-electron chi connectivity index (χ0n) is 8.60. The van der Waals surface area contributed by atoms with Crippen LogP contribution in [0, 0.1) is 10.2 Å². The summed E-state index contributed by atoms with van der Waals surface area (Å²) in [5, 5.41) is 0. The third-order valence-corrected chi connectivity index (χ3v) is 1.86. The van der Waals surface area contributed by atoms with Gasteiger partial charge in [-0.05, 0) is 0 Å². The van der Waals surface area contributed by atoms with Crippen LogP contribution in [0.4, 0.5) is 0 Å². The van der Waals surface area contributed by atoms with Crippen LogP contribution < -0.4 is 18.6 Å². The SMILES string of the molecule is CC(=O)O[N+]1(C)CCCC1.[O-][Cl+3]([O-])([O-])[O-]. The fraction of sp³-hybridized carbons (Fsp3) is 0.857. The first-order chi connectivity index (χ1) is 6.62. The van der Waals surface area contributed by atoms with Crippen molar-refractivity contribution < 1.29 is 43.2 Å². The maximum Gasteiger partial charge on any atom is 0.363 e. The van der Waals surface area contributed by atoms with Crippen molar-refractivity contribution >= 4 is 5.97 Å². The molecule has 0 N–H and O–H groups in total. The number of carbonyl (C=O) groups is 1. The molecule has 7 nitrogen and oxygen atoms in total. The summed E-state index contributed by atoms with van der Waals surface area (Å²) < 4.78 is 34.5. The van der Waals surface area contributed by atoms with E-state index < -0.39 is 10.2 Å². The standard InChI is InChI=1S/C7H14NO2.ClHO4/c1-7(9)10-8(2)5-3-4-6-8;2-1(3,4)5/h3-6H2,1-2H3;(H,2,3,4,5)/q+1;/p-1. The van der Waals surface area contributed by atoms with Crippen LogP contribution in [0.3, 0.4) is 0 Å². The maximum absolute atomic E-state index is 10.6. The van der Waals surface area contributed by atoms with Crippen LogP contribution in [-0.2, 0) is 9.63 Å². The Balaban J connectivity index is 0.000000336.